The summed E-state index contributed by atoms with van der Waals surface area (Å²) in [6.45, 7) is 5.86. The van der Waals surface area contributed by atoms with Crippen LogP contribution in [0.5, 0.6) is 0 Å². The van der Waals surface area contributed by atoms with Crippen LogP contribution in [0.1, 0.15) is 111 Å². The van der Waals surface area contributed by atoms with E-state index < -0.39 is 11.9 Å². The topological polar surface area (TPSA) is 52.6 Å². The number of ether oxygens (including phenoxy) is 2. The fraction of sp³-hybridized carbons (Fsp3) is 0.826. The molecule has 0 aromatic rings. The molecule has 4 nitrogen and oxygen atoms in total. The van der Waals surface area contributed by atoms with E-state index in [1.54, 1.807) is 13.8 Å². The Morgan fingerprint density at radius 1 is 0.593 bits per heavy atom. The average molecular weight is 383 g/mol. The highest BCUT2D eigenvalue weighted by Gasteiger charge is 2.14. The molecule has 0 amide bonds. The molecule has 0 aliphatic rings. The van der Waals surface area contributed by atoms with Crippen LogP contribution in [0.25, 0.3) is 0 Å². The smallest absolute Gasteiger partial charge is 0.334 e. The van der Waals surface area contributed by atoms with Crippen molar-refractivity contribution in [3.05, 3.63) is 11.1 Å². The Kier molecular flexibility index (Phi) is 17.2. The van der Waals surface area contributed by atoms with Crippen molar-refractivity contribution in [1.29, 1.82) is 0 Å². The molecular weight excluding hydrogens is 340 g/mol. The van der Waals surface area contributed by atoms with Gasteiger partial charge >= 0.3 is 11.9 Å². The van der Waals surface area contributed by atoms with Gasteiger partial charge in [0.15, 0.2) is 0 Å². The van der Waals surface area contributed by atoms with E-state index in [-0.39, 0.29) is 0 Å². The maximum atomic E-state index is 11.9. The summed E-state index contributed by atoms with van der Waals surface area (Å²) in [5.41, 5.74) is 0.635. The molecule has 0 N–H and O–H groups in total. The number of hydrogen-bond donors (Lipinski definition) is 0. The molecule has 0 unspecified atom stereocenters. The van der Waals surface area contributed by atoms with Crippen LogP contribution in [-0.2, 0) is 19.1 Å². The fourth-order valence-corrected chi connectivity index (χ4v) is 3.03. The van der Waals surface area contributed by atoms with Gasteiger partial charge in [-0.25, -0.2) is 9.59 Å². The number of methoxy groups -OCH3 is 1. The Morgan fingerprint density at radius 3 is 1.37 bits per heavy atom. The highest BCUT2D eigenvalue weighted by molar-refractivity contribution is 5.99. The van der Waals surface area contributed by atoms with Crippen molar-refractivity contribution < 1.29 is 19.1 Å². The van der Waals surface area contributed by atoms with Crippen LogP contribution in [-0.4, -0.2) is 25.7 Å². The predicted molar refractivity (Wildman–Crippen MR) is 112 cm³/mol. The zero-order valence-electron chi connectivity index (χ0n) is 18.2. The summed E-state index contributed by atoms with van der Waals surface area (Å²) in [7, 11) is 1.30. The van der Waals surface area contributed by atoms with Gasteiger partial charge in [-0.2, -0.15) is 0 Å². The minimum Gasteiger partial charge on any atom is -0.466 e. The van der Waals surface area contributed by atoms with Gasteiger partial charge in [-0.15, -0.1) is 0 Å². The van der Waals surface area contributed by atoms with Crippen molar-refractivity contribution in [3.63, 3.8) is 0 Å². The number of esters is 2. The van der Waals surface area contributed by atoms with Crippen molar-refractivity contribution in [1.82, 2.24) is 0 Å². The van der Waals surface area contributed by atoms with Crippen LogP contribution in [0.15, 0.2) is 11.1 Å². The molecule has 4 heteroatoms. The third kappa shape index (κ3) is 14.4. The molecule has 0 bridgehead atoms. The summed E-state index contributed by atoms with van der Waals surface area (Å²) in [6.07, 6.45) is 18.2. The third-order valence-electron chi connectivity index (χ3n) is 5.09. The van der Waals surface area contributed by atoms with E-state index in [4.69, 9.17) is 4.74 Å². The summed E-state index contributed by atoms with van der Waals surface area (Å²) in [6, 6.07) is 0. The van der Waals surface area contributed by atoms with E-state index in [0.29, 0.717) is 17.8 Å². The van der Waals surface area contributed by atoms with Gasteiger partial charge in [-0.3, -0.25) is 0 Å². The molecule has 0 aromatic carbocycles. The van der Waals surface area contributed by atoms with Crippen LogP contribution in [0, 0.1) is 0 Å². The van der Waals surface area contributed by atoms with Crippen molar-refractivity contribution in [2.24, 2.45) is 0 Å². The van der Waals surface area contributed by atoms with Crippen molar-refractivity contribution in [2.45, 2.75) is 111 Å². The molecule has 0 aromatic heterocycles. The van der Waals surface area contributed by atoms with E-state index in [2.05, 4.69) is 11.7 Å². The SMILES string of the molecule is CCCCCCCCCCCCCCCCOC(=O)/C(C)=C(/C)C(=O)OC. The van der Waals surface area contributed by atoms with E-state index in [1.807, 2.05) is 0 Å². The molecule has 0 saturated carbocycles. The molecule has 0 rings (SSSR count). The van der Waals surface area contributed by atoms with Crippen LogP contribution in [0.4, 0.5) is 0 Å². The standard InChI is InChI=1S/C23H42O4/c1-5-6-7-8-9-10-11-12-13-14-15-16-17-18-19-27-23(25)21(3)20(2)22(24)26-4/h5-19H2,1-4H3/b21-20-. The lowest BCUT2D eigenvalue weighted by molar-refractivity contribution is -0.141. The van der Waals surface area contributed by atoms with Gasteiger partial charge in [0.1, 0.15) is 0 Å². The third-order valence-corrected chi connectivity index (χ3v) is 5.09. The van der Waals surface area contributed by atoms with Crippen LogP contribution >= 0.6 is 0 Å². The largest absolute Gasteiger partial charge is 0.466 e. The monoisotopic (exact) mass is 382 g/mol. The summed E-state index contributed by atoms with van der Waals surface area (Å²) < 4.78 is 9.83. The second kappa shape index (κ2) is 18.1. The van der Waals surface area contributed by atoms with Crippen molar-refractivity contribution >= 4 is 11.9 Å². The van der Waals surface area contributed by atoms with E-state index in [9.17, 15) is 9.59 Å². The van der Waals surface area contributed by atoms with Gasteiger partial charge in [0.05, 0.1) is 13.7 Å². The first-order valence-corrected chi connectivity index (χ1v) is 11.0. The zero-order chi connectivity index (χ0) is 20.3. The minimum atomic E-state index is -0.485. The molecule has 0 aliphatic carbocycles. The average Bonchev–Trinajstić information content (AvgIpc) is 2.68. The molecule has 0 spiro atoms. The first-order chi connectivity index (χ1) is 13.0. The molecule has 0 heterocycles. The normalized spacial score (nSPS) is 11.9. The Bertz CT molecular complexity index is 426. The summed E-state index contributed by atoms with van der Waals surface area (Å²) in [5, 5.41) is 0. The number of hydrogen-bond acceptors (Lipinski definition) is 4. The Labute approximate surface area is 167 Å². The summed E-state index contributed by atoms with van der Waals surface area (Å²) in [4.78, 5) is 23.2. The second-order valence-corrected chi connectivity index (χ2v) is 7.47. The van der Waals surface area contributed by atoms with Gasteiger partial charge in [0.25, 0.3) is 0 Å². The Balaban J connectivity index is 3.45. The highest BCUT2D eigenvalue weighted by atomic mass is 16.5. The summed E-state index contributed by atoms with van der Waals surface area (Å²) in [5.74, 6) is -0.909. The molecular formula is C23H42O4. The molecule has 27 heavy (non-hydrogen) atoms. The minimum absolute atomic E-state index is 0.309. The van der Waals surface area contributed by atoms with Crippen LogP contribution in [0.2, 0.25) is 0 Å². The molecule has 0 radical (unpaired) electrons. The van der Waals surface area contributed by atoms with Gasteiger partial charge in [0.2, 0.25) is 0 Å². The van der Waals surface area contributed by atoms with E-state index in [0.717, 1.165) is 12.8 Å². The lowest BCUT2D eigenvalue weighted by Gasteiger charge is -2.07. The first-order valence-electron chi connectivity index (χ1n) is 11.0. The molecule has 0 fully saturated rings. The Hall–Kier alpha value is -1.32. The number of carbonyl (C=O) groups is 2. The van der Waals surface area contributed by atoms with E-state index >= 15 is 0 Å². The summed E-state index contributed by atoms with van der Waals surface area (Å²) >= 11 is 0. The molecule has 0 atom stereocenters. The van der Waals surface area contributed by atoms with Crippen LogP contribution < -0.4 is 0 Å². The lowest BCUT2D eigenvalue weighted by Crippen LogP contribution is -2.13. The molecule has 158 valence electrons. The second-order valence-electron chi connectivity index (χ2n) is 7.47. The van der Waals surface area contributed by atoms with Crippen molar-refractivity contribution in [2.75, 3.05) is 13.7 Å². The van der Waals surface area contributed by atoms with Gasteiger partial charge in [-0.05, 0) is 20.3 Å². The van der Waals surface area contributed by atoms with Crippen molar-refractivity contribution in [3.8, 4) is 0 Å². The van der Waals surface area contributed by atoms with Gasteiger partial charge in [0, 0.05) is 11.1 Å². The maximum absolute atomic E-state index is 11.9. The lowest BCUT2D eigenvalue weighted by atomic mass is 10.0. The Morgan fingerprint density at radius 2 is 0.963 bits per heavy atom. The van der Waals surface area contributed by atoms with E-state index in [1.165, 1.54) is 84.2 Å². The zero-order valence-corrected chi connectivity index (χ0v) is 18.2. The highest BCUT2D eigenvalue weighted by Crippen LogP contribution is 2.13. The first kappa shape index (κ1) is 25.7. The molecule has 0 aliphatic heterocycles. The molecule has 0 saturated heterocycles. The fourth-order valence-electron chi connectivity index (χ4n) is 3.03. The maximum Gasteiger partial charge on any atom is 0.334 e. The predicted octanol–water partition coefficient (Wildman–Crippen LogP) is 6.52. The van der Waals surface area contributed by atoms with Gasteiger partial charge < -0.3 is 9.47 Å². The number of carbonyl (C=O) groups excluding carboxylic acids is 2. The van der Waals surface area contributed by atoms with Gasteiger partial charge in [-0.1, -0.05) is 90.4 Å². The number of unbranched alkanes of at least 4 members (excludes halogenated alkanes) is 13. The quantitative estimate of drug-likeness (QED) is 0.163. The number of rotatable bonds is 17. The van der Waals surface area contributed by atoms with Crippen LogP contribution in [0.3, 0.4) is 0 Å².